The molecule has 2 aromatic heterocycles. The van der Waals surface area contributed by atoms with Crippen LogP contribution in [0.3, 0.4) is 0 Å². The van der Waals surface area contributed by atoms with Gasteiger partial charge in [-0.15, -0.1) is 0 Å². The number of methoxy groups -OCH3 is 2. The molecule has 144 valence electrons. The number of ketones is 1. The van der Waals surface area contributed by atoms with Crippen LogP contribution in [-0.4, -0.2) is 41.1 Å². The van der Waals surface area contributed by atoms with Gasteiger partial charge in [0.15, 0.2) is 17.3 Å². The molecule has 0 bridgehead atoms. The number of carbonyl (C=O) groups excluding carboxylic acids is 1. The largest absolute Gasteiger partial charge is 0.493 e. The Bertz CT molecular complexity index is 1050. The molecule has 2 heterocycles. The lowest BCUT2D eigenvalue weighted by Crippen LogP contribution is -2.24. The molecular formula is C20H20N4O4. The minimum absolute atomic E-state index is 0.0322. The van der Waals surface area contributed by atoms with Gasteiger partial charge in [0.2, 0.25) is 5.95 Å². The summed E-state index contributed by atoms with van der Waals surface area (Å²) in [5.74, 6) is 1.14. The zero-order valence-electron chi connectivity index (χ0n) is 15.8. The molecule has 0 aliphatic carbocycles. The van der Waals surface area contributed by atoms with Crippen LogP contribution >= 0.6 is 0 Å². The van der Waals surface area contributed by atoms with Gasteiger partial charge in [0.1, 0.15) is 0 Å². The molecule has 8 heteroatoms. The number of Topliss-reactive ketones (excluding diaryl/α,β-unsaturated/α-hetero) is 1. The van der Waals surface area contributed by atoms with Gasteiger partial charge in [-0.25, -0.2) is 4.98 Å². The van der Waals surface area contributed by atoms with Crippen LogP contribution in [0.15, 0.2) is 53.6 Å². The summed E-state index contributed by atoms with van der Waals surface area (Å²) < 4.78 is 11.8. The molecule has 0 spiro atoms. The third kappa shape index (κ3) is 4.01. The Balaban J connectivity index is 1.82. The summed E-state index contributed by atoms with van der Waals surface area (Å²) in [4.78, 5) is 33.2. The lowest BCUT2D eigenvalue weighted by atomic mass is 10.1. The van der Waals surface area contributed by atoms with Crippen molar-refractivity contribution in [2.24, 2.45) is 7.05 Å². The summed E-state index contributed by atoms with van der Waals surface area (Å²) in [6.45, 7) is -0.0322. The van der Waals surface area contributed by atoms with Crippen LogP contribution in [0, 0.1) is 0 Å². The highest BCUT2D eigenvalue weighted by atomic mass is 16.5. The lowest BCUT2D eigenvalue weighted by Gasteiger charge is -2.12. The molecular weight excluding hydrogens is 360 g/mol. The number of benzene rings is 1. The number of aromatic nitrogens is 3. The van der Waals surface area contributed by atoms with Gasteiger partial charge < -0.3 is 14.8 Å². The SMILES string of the molecule is COc1ccc(C(=O)CNc2nc(-c3ccncc3)cc(=O)n2C)cc1OC. The first-order valence-corrected chi connectivity index (χ1v) is 8.51. The normalized spacial score (nSPS) is 10.4. The minimum atomic E-state index is -0.233. The van der Waals surface area contributed by atoms with E-state index in [2.05, 4.69) is 15.3 Å². The Morgan fingerprint density at radius 1 is 1.07 bits per heavy atom. The molecule has 0 amide bonds. The van der Waals surface area contributed by atoms with Crippen LogP contribution in [0.5, 0.6) is 11.5 Å². The zero-order chi connectivity index (χ0) is 20.1. The van der Waals surface area contributed by atoms with Crippen LogP contribution in [0.4, 0.5) is 5.95 Å². The lowest BCUT2D eigenvalue weighted by molar-refractivity contribution is 0.101. The van der Waals surface area contributed by atoms with Crippen molar-refractivity contribution in [1.29, 1.82) is 0 Å². The van der Waals surface area contributed by atoms with Crippen molar-refractivity contribution in [2.45, 2.75) is 0 Å². The van der Waals surface area contributed by atoms with E-state index in [1.165, 1.54) is 24.9 Å². The van der Waals surface area contributed by atoms with Gasteiger partial charge in [-0.3, -0.25) is 19.1 Å². The quantitative estimate of drug-likeness (QED) is 0.628. The highest BCUT2D eigenvalue weighted by Crippen LogP contribution is 2.27. The second kappa shape index (κ2) is 8.34. The standard InChI is InChI=1S/C20H20N4O4/c1-24-19(26)11-15(13-6-8-21-9-7-13)23-20(24)22-12-16(25)14-4-5-17(27-2)18(10-14)28-3/h4-11H,12H2,1-3H3,(H,22,23). The first kappa shape index (κ1) is 19.1. The summed E-state index contributed by atoms with van der Waals surface area (Å²) >= 11 is 0. The monoisotopic (exact) mass is 380 g/mol. The second-order valence-corrected chi connectivity index (χ2v) is 5.94. The fourth-order valence-electron chi connectivity index (χ4n) is 2.64. The van der Waals surface area contributed by atoms with E-state index in [0.29, 0.717) is 28.7 Å². The van der Waals surface area contributed by atoms with Gasteiger partial charge in [0.25, 0.3) is 5.56 Å². The van der Waals surface area contributed by atoms with E-state index in [0.717, 1.165) is 5.56 Å². The first-order chi connectivity index (χ1) is 13.5. The van der Waals surface area contributed by atoms with Gasteiger partial charge in [-0.2, -0.15) is 0 Å². The molecule has 3 aromatic rings. The van der Waals surface area contributed by atoms with Gasteiger partial charge in [0.05, 0.1) is 26.5 Å². The molecule has 1 aromatic carbocycles. The Morgan fingerprint density at radius 3 is 2.46 bits per heavy atom. The summed E-state index contributed by atoms with van der Waals surface area (Å²) in [7, 11) is 4.63. The Kier molecular flexibility index (Phi) is 5.69. The molecule has 0 radical (unpaired) electrons. The Labute approximate surface area is 161 Å². The number of pyridine rings is 1. The van der Waals surface area contributed by atoms with Crippen molar-refractivity contribution in [3.05, 3.63) is 64.7 Å². The molecule has 0 atom stereocenters. The molecule has 0 saturated heterocycles. The van der Waals surface area contributed by atoms with E-state index in [-0.39, 0.29) is 17.9 Å². The number of rotatable bonds is 7. The number of anilines is 1. The van der Waals surface area contributed by atoms with Crippen molar-refractivity contribution >= 4 is 11.7 Å². The molecule has 0 unspecified atom stereocenters. The highest BCUT2D eigenvalue weighted by Gasteiger charge is 2.13. The average Bonchev–Trinajstić information content (AvgIpc) is 2.74. The molecule has 3 rings (SSSR count). The summed E-state index contributed by atoms with van der Waals surface area (Å²) in [6.07, 6.45) is 3.25. The van der Waals surface area contributed by atoms with Crippen LogP contribution in [0.1, 0.15) is 10.4 Å². The predicted octanol–water partition coefficient (Wildman–Crippen LogP) is 2.15. The average molecular weight is 380 g/mol. The maximum atomic E-state index is 12.6. The molecule has 0 aliphatic heterocycles. The van der Waals surface area contributed by atoms with Gasteiger partial charge in [0, 0.05) is 36.6 Å². The number of nitrogens with zero attached hydrogens (tertiary/aromatic N) is 3. The second-order valence-electron chi connectivity index (χ2n) is 5.94. The van der Waals surface area contributed by atoms with Crippen LogP contribution in [0.2, 0.25) is 0 Å². The van der Waals surface area contributed by atoms with Gasteiger partial charge >= 0.3 is 0 Å². The van der Waals surface area contributed by atoms with Gasteiger partial charge in [-0.05, 0) is 30.3 Å². The van der Waals surface area contributed by atoms with Crippen molar-refractivity contribution in [3.8, 4) is 22.8 Å². The van der Waals surface area contributed by atoms with Crippen molar-refractivity contribution in [1.82, 2.24) is 14.5 Å². The van der Waals surface area contributed by atoms with Crippen molar-refractivity contribution < 1.29 is 14.3 Å². The number of hydrogen-bond donors (Lipinski definition) is 1. The third-order valence-corrected chi connectivity index (χ3v) is 4.22. The number of hydrogen-bond acceptors (Lipinski definition) is 7. The highest BCUT2D eigenvalue weighted by molar-refractivity contribution is 5.99. The third-order valence-electron chi connectivity index (χ3n) is 4.22. The van der Waals surface area contributed by atoms with E-state index >= 15 is 0 Å². The summed E-state index contributed by atoms with van der Waals surface area (Å²) in [5, 5.41) is 2.94. The Morgan fingerprint density at radius 2 is 1.79 bits per heavy atom. The molecule has 28 heavy (non-hydrogen) atoms. The van der Waals surface area contributed by atoms with E-state index in [1.807, 2.05) is 0 Å². The van der Waals surface area contributed by atoms with E-state index < -0.39 is 0 Å². The van der Waals surface area contributed by atoms with Crippen molar-refractivity contribution in [2.75, 3.05) is 26.1 Å². The summed E-state index contributed by atoms with van der Waals surface area (Å²) in [5.41, 5.74) is 1.50. The molecule has 8 nitrogen and oxygen atoms in total. The van der Waals surface area contributed by atoms with Crippen molar-refractivity contribution in [3.63, 3.8) is 0 Å². The zero-order valence-corrected chi connectivity index (χ0v) is 15.8. The number of ether oxygens (including phenoxy) is 2. The topological polar surface area (TPSA) is 95.3 Å². The Hall–Kier alpha value is -3.68. The predicted molar refractivity (Wildman–Crippen MR) is 105 cm³/mol. The number of nitrogens with one attached hydrogen (secondary N) is 1. The molecule has 1 N–H and O–H groups in total. The molecule has 0 saturated carbocycles. The van der Waals surface area contributed by atoms with E-state index in [1.54, 1.807) is 49.8 Å². The fourth-order valence-corrected chi connectivity index (χ4v) is 2.64. The van der Waals surface area contributed by atoms with E-state index in [9.17, 15) is 9.59 Å². The molecule has 0 fully saturated rings. The van der Waals surface area contributed by atoms with Crippen LogP contribution in [0.25, 0.3) is 11.3 Å². The van der Waals surface area contributed by atoms with Crippen LogP contribution < -0.4 is 20.3 Å². The van der Waals surface area contributed by atoms with Gasteiger partial charge in [-0.1, -0.05) is 0 Å². The number of carbonyl (C=O) groups is 1. The molecule has 0 aliphatic rings. The first-order valence-electron chi connectivity index (χ1n) is 8.51. The maximum Gasteiger partial charge on any atom is 0.255 e. The smallest absolute Gasteiger partial charge is 0.255 e. The van der Waals surface area contributed by atoms with Crippen LogP contribution in [-0.2, 0) is 7.05 Å². The maximum absolute atomic E-state index is 12.6. The van der Waals surface area contributed by atoms with E-state index in [4.69, 9.17) is 9.47 Å². The minimum Gasteiger partial charge on any atom is -0.493 e. The fraction of sp³-hybridized carbons (Fsp3) is 0.200. The summed E-state index contributed by atoms with van der Waals surface area (Å²) in [6, 6.07) is 9.91.